The molecule has 0 aliphatic carbocycles. The Labute approximate surface area is 104 Å². The molecule has 1 heterocycles. The first-order chi connectivity index (χ1) is 8.12. The van der Waals surface area contributed by atoms with Gasteiger partial charge in [0.1, 0.15) is 0 Å². The molecule has 1 aromatic carbocycles. The lowest BCUT2D eigenvalue weighted by molar-refractivity contribution is 0.627. The van der Waals surface area contributed by atoms with E-state index in [4.69, 9.17) is 15.7 Å². The van der Waals surface area contributed by atoms with Crippen LogP contribution in [0.4, 0.5) is 0 Å². The van der Waals surface area contributed by atoms with Crippen molar-refractivity contribution >= 4 is 26.6 Å². The normalized spacial score (nSPS) is 11.8. The molecule has 2 nitrogen and oxygen atoms in total. The van der Waals surface area contributed by atoms with Crippen molar-refractivity contribution in [1.82, 2.24) is 10.3 Å². The number of aromatic nitrogens is 1. The van der Waals surface area contributed by atoms with E-state index < -0.39 is 5.34 Å². The van der Waals surface area contributed by atoms with Crippen LogP contribution in [0.1, 0.15) is 5.56 Å². The van der Waals surface area contributed by atoms with E-state index in [1.54, 1.807) is 6.08 Å². The zero-order valence-electron chi connectivity index (χ0n) is 9.74. The second-order valence-corrected chi connectivity index (χ2v) is 4.25. The third-order valence-electron chi connectivity index (χ3n) is 2.73. The number of rotatable bonds is 5. The molecule has 0 bridgehead atoms. The van der Waals surface area contributed by atoms with Crippen molar-refractivity contribution in [2.24, 2.45) is 0 Å². The van der Waals surface area contributed by atoms with Crippen LogP contribution in [0.15, 0.2) is 43.1 Å². The van der Waals surface area contributed by atoms with Gasteiger partial charge >= 0.3 is 0 Å². The van der Waals surface area contributed by atoms with Crippen LogP contribution >= 0.6 is 0 Å². The van der Waals surface area contributed by atoms with E-state index in [1.165, 1.54) is 0 Å². The molecule has 0 aliphatic rings. The maximum Gasteiger partial charge on any atom is 0.0825 e. The minimum atomic E-state index is -0.918. The lowest BCUT2D eigenvalue weighted by Crippen LogP contribution is -2.48. The summed E-state index contributed by atoms with van der Waals surface area (Å²) in [5.74, 6) is 0. The molecule has 2 aromatic rings. The number of fused-ring (bicyclic) bond motifs is 1. The SMILES string of the molecule is [B]C([B])(Cc1c[nH]c2ccccc12)NCC=C. The summed E-state index contributed by atoms with van der Waals surface area (Å²) in [5.41, 5.74) is 2.21. The van der Waals surface area contributed by atoms with Gasteiger partial charge in [-0.1, -0.05) is 29.6 Å². The predicted molar refractivity (Wildman–Crippen MR) is 74.4 cm³/mol. The van der Waals surface area contributed by atoms with E-state index in [9.17, 15) is 0 Å². The van der Waals surface area contributed by atoms with Crippen LogP contribution in [-0.4, -0.2) is 32.6 Å². The zero-order chi connectivity index (χ0) is 12.3. The molecule has 2 rings (SSSR count). The van der Waals surface area contributed by atoms with Gasteiger partial charge in [0.05, 0.1) is 15.7 Å². The minimum Gasteiger partial charge on any atom is -0.361 e. The van der Waals surface area contributed by atoms with E-state index in [0.717, 1.165) is 16.5 Å². The Kier molecular flexibility index (Phi) is 3.43. The van der Waals surface area contributed by atoms with Gasteiger partial charge in [-0.25, -0.2) is 0 Å². The molecule has 82 valence electrons. The molecule has 2 N–H and O–H groups in total. The Morgan fingerprint density at radius 2 is 2.12 bits per heavy atom. The number of nitrogens with one attached hydrogen (secondary N) is 2. The third kappa shape index (κ3) is 2.83. The molecular weight excluding hydrogens is 206 g/mol. The zero-order valence-corrected chi connectivity index (χ0v) is 9.74. The molecule has 0 saturated heterocycles. The van der Waals surface area contributed by atoms with Crippen molar-refractivity contribution < 1.29 is 0 Å². The minimum absolute atomic E-state index is 0.560. The van der Waals surface area contributed by atoms with Crippen LogP contribution in [0, 0.1) is 0 Å². The highest BCUT2D eigenvalue weighted by molar-refractivity contribution is 6.40. The number of para-hydroxylation sites is 1. The van der Waals surface area contributed by atoms with Gasteiger partial charge in [-0.3, -0.25) is 0 Å². The summed E-state index contributed by atoms with van der Waals surface area (Å²) >= 11 is 0. The summed E-state index contributed by atoms with van der Waals surface area (Å²) in [7, 11) is 12.0. The van der Waals surface area contributed by atoms with Crippen LogP contribution in [0.25, 0.3) is 10.9 Å². The lowest BCUT2D eigenvalue weighted by Gasteiger charge is -2.26. The van der Waals surface area contributed by atoms with E-state index in [0.29, 0.717) is 13.0 Å². The molecule has 4 heteroatoms. The molecule has 0 aliphatic heterocycles. The lowest BCUT2D eigenvalue weighted by atomic mass is 9.59. The van der Waals surface area contributed by atoms with Gasteiger partial charge in [0.2, 0.25) is 0 Å². The second-order valence-electron chi connectivity index (χ2n) is 4.25. The van der Waals surface area contributed by atoms with Crippen LogP contribution in [0.3, 0.4) is 0 Å². The molecule has 0 fully saturated rings. The fourth-order valence-corrected chi connectivity index (χ4v) is 1.92. The molecule has 17 heavy (non-hydrogen) atoms. The highest BCUT2D eigenvalue weighted by Gasteiger charge is 2.17. The third-order valence-corrected chi connectivity index (χ3v) is 2.73. The fraction of sp³-hybridized carbons (Fsp3) is 0.231. The van der Waals surface area contributed by atoms with Crippen molar-refractivity contribution in [3.8, 4) is 0 Å². The largest absolute Gasteiger partial charge is 0.361 e. The summed E-state index contributed by atoms with van der Waals surface area (Å²) in [6, 6.07) is 8.09. The quantitative estimate of drug-likeness (QED) is 0.579. The van der Waals surface area contributed by atoms with Crippen molar-refractivity contribution in [3.05, 3.63) is 48.7 Å². The van der Waals surface area contributed by atoms with Gasteiger partial charge in [0, 0.05) is 23.6 Å². The Hall–Kier alpha value is -1.41. The summed E-state index contributed by atoms with van der Waals surface area (Å²) in [4.78, 5) is 3.21. The summed E-state index contributed by atoms with van der Waals surface area (Å²) in [6.07, 6.45) is 4.25. The van der Waals surface area contributed by atoms with Crippen LogP contribution in [0.5, 0.6) is 0 Å². The van der Waals surface area contributed by atoms with Crippen LogP contribution in [-0.2, 0) is 6.42 Å². The Morgan fingerprint density at radius 1 is 1.35 bits per heavy atom. The Bertz CT molecular complexity index is 517. The summed E-state index contributed by atoms with van der Waals surface area (Å²) in [6.45, 7) is 4.22. The van der Waals surface area contributed by atoms with Gasteiger partial charge < -0.3 is 10.3 Å². The smallest absolute Gasteiger partial charge is 0.0825 e. The van der Waals surface area contributed by atoms with Gasteiger partial charge in [0.15, 0.2) is 0 Å². The van der Waals surface area contributed by atoms with Crippen LogP contribution in [0.2, 0.25) is 0 Å². The van der Waals surface area contributed by atoms with E-state index in [1.807, 2.05) is 24.4 Å². The van der Waals surface area contributed by atoms with Gasteiger partial charge in [-0.05, 0) is 18.1 Å². The number of benzene rings is 1. The monoisotopic (exact) mass is 220 g/mol. The van der Waals surface area contributed by atoms with Crippen molar-refractivity contribution in [3.63, 3.8) is 0 Å². The van der Waals surface area contributed by atoms with Gasteiger partial charge in [-0.15, -0.1) is 6.58 Å². The molecule has 0 spiro atoms. The maximum atomic E-state index is 5.99. The highest BCUT2D eigenvalue weighted by Crippen LogP contribution is 2.20. The molecule has 0 unspecified atom stereocenters. The molecule has 0 amide bonds. The fourth-order valence-electron chi connectivity index (χ4n) is 1.92. The van der Waals surface area contributed by atoms with E-state index in [-0.39, 0.29) is 0 Å². The Morgan fingerprint density at radius 3 is 2.88 bits per heavy atom. The van der Waals surface area contributed by atoms with Crippen molar-refractivity contribution in [2.75, 3.05) is 6.54 Å². The maximum absolute atomic E-state index is 5.99. The average molecular weight is 220 g/mol. The first-order valence-corrected chi connectivity index (χ1v) is 5.61. The first kappa shape index (κ1) is 12.1. The topological polar surface area (TPSA) is 27.8 Å². The van der Waals surface area contributed by atoms with Crippen molar-refractivity contribution in [1.29, 1.82) is 0 Å². The molecule has 4 radical (unpaired) electrons. The van der Waals surface area contributed by atoms with Crippen LogP contribution < -0.4 is 5.32 Å². The van der Waals surface area contributed by atoms with Gasteiger partial charge in [-0.2, -0.15) is 0 Å². The number of H-pyrrole nitrogens is 1. The second kappa shape index (κ2) is 4.84. The summed E-state index contributed by atoms with van der Waals surface area (Å²) in [5, 5.41) is 3.28. The molecule has 1 aromatic heterocycles. The number of hydrogen-bond donors (Lipinski definition) is 2. The summed E-state index contributed by atoms with van der Waals surface area (Å²) < 4.78 is 0. The predicted octanol–water partition coefficient (Wildman–Crippen LogP) is 1.48. The average Bonchev–Trinajstić information content (AvgIpc) is 2.70. The number of hydrogen-bond acceptors (Lipinski definition) is 1. The van der Waals surface area contributed by atoms with Gasteiger partial charge in [0.25, 0.3) is 0 Å². The number of aromatic amines is 1. The standard InChI is InChI=1S/C13H14B2N2/c1-2-7-17-13(14,15)8-10-9-16-12-6-4-3-5-11(10)12/h2-6,9,16-17H,1,7-8H2. The van der Waals surface area contributed by atoms with E-state index in [2.05, 4.69) is 22.9 Å². The van der Waals surface area contributed by atoms with Crippen molar-refractivity contribution in [2.45, 2.75) is 11.8 Å². The highest BCUT2D eigenvalue weighted by atomic mass is 14.9. The molecule has 0 saturated carbocycles. The first-order valence-electron chi connectivity index (χ1n) is 5.61. The molecule has 0 atom stereocenters. The Balaban J connectivity index is 2.20. The van der Waals surface area contributed by atoms with E-state index >= 15 is 0 Å². The molecular formula is C13H14B2N2.